The smallest absolute Gasteiger partial charge is 0.264 e. The molecule has 8 heteroatoms. The Hall–Kier alpha value is -2.19. The van der Waals surface area contributed by atoms with E-state index in [1.807, 2.05) is 55.1 Å². The number of likely N-dealkylation sites (N-methyl/N-ethyl adjacent to an activating group) is 1. The van der Waals surface area contributed by atoms with Crippen molar-refractivity contribution in [1.82, 2.24) is 14.7 Å². The fourth-order valence-electron chi connectivity index (χ4n) is 3.52. The minimum Gasteiger partial charge on any atom is -0.338 e. The zero-order valence-electron chi connectivity index (χ0n) is 17.4. The molecule has 1 fully saturated rings. The number of nitrogens with zero attached hydrogens (tertiary/aromatic N) is 3. The lowest BCUT2D eigenvalue weighted by molar-refractivity contribution is -0.142. The number of carbonyl (C=O) groups excluding carboxylic acids is 3. The summed E-state index contributed by atoms with van der Waals surface area (Å²) in [4.78, 5) is 43.8. The number of carbonyl (C=O) groups is 3. The molecule has 0 spiro atoms. The van der Waals surface area contributed by atoms with Gasteiger partial charge in [0.15, 0.2) is 0 Å². The normalized spacial score (nSPS) is 14.5. The molecule has 1 aliphatic rings. The number of benzene rings is 1. The molecule has 0 atom stereocenters. The van der Waals surface area contributed by atoms with Crippen LogP contribution in [-0.4, -0.2) is 72.2 Å². The number of hydrogen-bond acceptors (Lipinski definition) is 4. The van der Waals surface area contributed by atoms with Crippen LogP contribution in [0.2, 0.25) is 0 Å². The van der Waals surface area contributed by atoms with Crippen LogP contribution in [0.3, 0.4) is 0 Å². The third kappa shape index (κ3) is 4.92. The molecule has 160 valence electrons. The van der Waals surface area contributed by atoms with Gasteiger partial charge in [-0.05, 0) is 47.5 Å². The molecular weight excluding hydrogens is 466 g/mol. The lowest BCUT2D eigenvalue weighted by Gasteiger charge is -2.39. The first-order valence-corrected chi connectivity index (χ1v) is 11.4. The number of rotatable bonds is 5. The van der Waals surface area contributed by atoms with E-state index in [-0.39, 0.29) is 24.3 Å². The molecule has 3 amide bonds. The molecule has 6 nitrogen and oxygen atoms in total. The van der Waals surface area contributed by atoms with Crippen LogP contribution in [0.4, 0.5) is 0 Å². The lowest BCUT2D eigenvalue weighted by Crippen LogP contribution is -2.55. The van der Waals surface area contributed by atoms with Gasteiger partial charge in [-0.3, -0.25) is 14.4 Å². The maximum atomic E-state index is 13.1. The second-order valence-electron chi connectivity index (χ2n) is 7.93. The standard InChI is InChI=1S/C22H26BrN3O3S/c1-22(2,16-7-5-4-6-8-16)21(29)26-13-11-25(12-14-26)19(27)15-24(3)20(28)17-9-10-18(23)30-17/h4-10H,11-15H2,1-3H3. The van der Waals surface area contributed by atoms with Gasteiger partial charge in [-0.1, -0.05) is 30.3 Å². The van der Waals surface area contributed by atoms with Gasteiger partial charge >= 0.3 is 0 Å². The minimum absolute atomic E-state index is 0.0256. The molecule has 1 saturated heterocycles. The molecule has 1 aliphatic heterocycles. The van der Waals surface area contributed by atoms with Crippen LogP contribution in [0.25, 0.3) is 0 Å². The highest BCUT2D eigenvalue weighted by Crippen LogP contribution is 2.26. The summed E-state index contributed by atoms with van der Waals surface area (Å²) >= 11 is 4.70. The fourth-order valence-corrected chi connectivity index (χ4v) is 4.91. The van der Waals surface area contributed by atoms with Crippen molar-refractivity contribution >= 4 is 45.0 Å². The molecule has 30 heavy (non-hydrogen) atoms. The zero-order chi connectivity index (χ0) is 21.9. The van der Waals surface area contributed by atoms with Crippen LogP contribution in [0.5, 0.6) is 0 Å². The van der Waals surface area contributed by atoms with Crippen LogP contribution < -0.4 is 0 Å². The maximum Gasteiger partial charge on any atom is 0.264 e. The summed E-state index contributed by atoms with van der Waals surface area (Å²) in [7, 11) is 1.63. The first-order valence-electron chi connectivity index (χ1n) is 9.83. The Morgan fingerprint density at radius 3 is 2.17 bits per heavy atom. The average Bonchev–Trinajstić information content (AvgIpc) is 3.19. The van der Waals surface area contributed by atoms with E-state index in [1.165, 1.54) is 16.2 Å². The molecular formula is C22H26BrN3O3S. The van der Waals surface area contributed by atoms with Crippen molar-refractivity contribution in [2.24, 2.45) is 0 Å². The predicted molar refractivity (Wildman–Crippen MR) is 122 cm³/mol. The molecule has 0 N–H and O–H groups in total. The second kappa shape index (κ2) is 9.31. The van der Waals surface area contributed by atoms with E-state index in [4.69, 9.17) is 0 Å². The molecule has 2 aromatic rings. The van der Waals surface area contributed by atoms with Crippen LogP contribution in [0, 0.1) is 0 Å². The summed E-state index contributed by atoms with van der Waals surface area (Å²) in [6.07, 6.45) is 0. The van der Waals surface area contributed by atoms with E-state index in [2.05, 4.69) is 15.9 Å². The molecule has 1 aromatic carbocycles. The number of amides is 3. The molecule has 0 bridgehead atoms. The Labute approximate surface area is 189 Å². The summed E-state index contributed by atoms with van der Waals surface area (Å²) in [5, 5.41) is 0. The number of piperazine rings is 1. The van der Waals surface area contributed by atoms with Gasteiger partial charge in [0.2, 0.25) is 11.8 Å². The fraction of sp³-hybridized carbons (Fsp3) is 0.409. The summed E-state index contributed by atoms with van der Waals surface area (Å²) < 4.78 is 0.879. The highest BCUT2D eigenvalue weighted by molar-refractivity contribution is 9.11. The van der Waals surface area contributed by atoms with Gasteiger partial charge in [0.1, 0.15) is 0 Å². The van der Waals surface area contributed by atoms with Gasteiger partial charge in [0.25, 0.3) is 5.91 Å². The van der Waals surface area contributed by atoms with Crippen molar-refractivity contribution in [3.63, 3.8) is 0 Å². The van der Waals surface area contributed by atoms with Crippen molar-refractivity contribution in [3.8, 4) is 0 Å². The van der Waals surface area contributed by atoms with Gasteiger partial charge in [-0.15, -0.1) is 11.3 Å². The van der Waals surface area contributed by atoms with Crippen molar-refractivity contribution in [1.29, 1.82) is 0 Å². The van der Waals surface area contributed by atoms with Crippen LogP contribution in [-0.2, 0) is 15.0 Å². The van der Waals surface area contributed by atoms with E-state index >= 15 is 0 Å². The molecule has 1 aromatic heterocycles. The Morgan fingerprint density at radius 1 is 1.00 bits per heavy atom. The van der Waals surface area contributed by atoms with Crippen molar-refractivity contribution in [2.45, 2.75) is 19.3 Å². The average molecular weight is 492 g/mol. The highest BCUT2D eigenvalue weighted by atomic mass is 79.9. The number of halogens is 1. The highest BCUT2D eigenvalue weighted by Gasteiger charge is 2.35. The zero-order valence-corrected chi connectivity index (χ0v) is 19.8. The second-order valence-corrected chi connectivity index (χ2v) is 10.4. The quantitative estimate of drug-likeness (QED) is 0.644. The summed E-state index contributed by atoms with van der Waals surface area (Å²) in [6, 6.07) is 13.3. The van der Waals surface area contributed by atoms with Gasteiger partial charge in [-0.25, -0.2) is 0 Å². The maximum absolute atomic E-state index is 13.1. The van der Waals surface area contributed by atoms with Gasteiger partial charge in [-0.2, -0.15) is 0 Å². The van der Waals surface area contributed by atoms with Crippen LogP contribution in [0.1, 0.15) is 29.1 Å². The van der Waals surface area contributed by atoms with Crippen LogP contribution >= 0.6 is 27.3 Å². The van der Waals surface area contributed by atoms with Crippen LogP contribution in [0.15, 0.2) is 46.3 Å². The first kappa shape index (κ1) is 22.5. The summed E-state index contributed by atoms with van der Waals surface area (Å²) in [5.74, 6) is -0.204. The SMILES string of the molecule is CN(CC(=O)N1CCN(C(=O)C(C)(C)c2ccccc2)CC1)C(=O)c1ccc(Br)s1. The van der Waals surface area contributed by atoms with Gasteiger partial charge in [0, 0.05) is 33.2 Å². The Morgan fingerprint density at radius 2 is 1.60 bits per heavy atom. The Balaban J connectivity index is 1.54. The Kier molecular flexibility index (Phi) is 6.98. The molecule has 2 heterocycles. The van der Waals surface area contributed by atoms with Gasteiger partial charge in [0.05, 0.1) is 20.6 Å². The number of hydrogen-bond donors (Lipinski definition) is 0. The van der Waals surface area contributed by atoms with Gasteiger partial charge < -0.3 is 14.7 Å². The van der Waals surface area contributed by atoms with Crippen molar-refractivity contribution < 1.29 is 14.4 Å². The molecule has 0 radical (unpaired) electrons. The monoisotopic (exact) mass is 491 g/mol. The summed E-state index contributed by atoms with van der Waals surface area (Å²) in [5.41, 5.74) is 0.364. The third-order valence-electron chi connectivity index (χ3n) is 5.45. The molecule has 0 aliphatic carbocycles. The molecule has 0 saturated carbocycles. The molecule has 3 rings (SSSR count). The minimum atomic E-state index is -0.616. The van der Waals surface area contributed by atoms with E-state index in [0.29, 0.717) is 31.1 Å². The van der Waals surface area contributed by atoms with E-state index in [0.717, 1.165) is 9.35 Å². The topological polar surface area (TPSA) is 60.9 Å². The largest absolute Gasteiger partial charge is 0.338 e. The van der Waals surface area contributed by atoms with E-state index in [9.17, 15) is 14.4 Å². The third-order valence-corrected chi connectivity index (χ3v) is 7.06. The van der Waals surface area contributed by atoms with Crippen molar-refractivity contribution in [2.75, 3.05) is 39.8 Å². The predicted octanol–water partition coefficient (Wildman–Crippen LogP) is 3.23. The summed E-state index contributed by atoms with van der Waals surface area (Å²) in [6.45, 7) is 5.84. The van der Waals surface area contributed by atoms with E-state index < -0.39 is 5.41 Å². The van der Waals surface area contributed by atoms with Crippen molar-refractivity contribution in [3.05, 3.63) is 56.7 Å². The van der Waals surface area contributed by atoms with E-state index in [1.54, 1.807) is 18.0 Å². The molecule has 0 unspecified atom stereocenters. The Bertz CT molecular complexity index is 921. The number of thiophene rings is 1. The first-order chi connectivity index (χ1) is 14.2. The lowest BCUT2D eigenvalue weighted by atomic mass is 9.83.